The van der Waals surface area contributed by atoms with Crippen molar-refractivity contribution in [2.75, 3.05) is 12.0 Å². The van der Waals surface area contributed by atoms with Gasteiger partial charge in [0.2, 0.25) is 5.17 Å². The van der Waals surface area contributed by atoms with Crippen LogP contribution in [0.5, 0.6) is 0 Å². The predicted octanol–water partition coefficient (Wildman–Crippen LogP) is 2.09. The molecule has 88 valence electrons. The molecule has 1 N–H and O–H groups in total. The van der Waals surface area contributed by atoms with Crippen LogP contribution in [0, 0.1) is 11.3 Å². The van der Waals surface area contributed by atoms with E-state index in [0.29, 0.717) is 11.3 Å². The lowest BCUT2D eigenvalue weighted by atomic mass is 10.2. The molecule has 0 aromatic heterocycles. The SMILES string of the molecule is CCOC(=O)C(Cl)=NNc1ccccc1C#N. The van der Waals surface area contributed by atoms with Crippen LogP contribution >= 0.6 is 11.6 Å². The maximum Gasteiger partial charge on any atom is 0.370 e. The molecule has 0 saturated carbocycles. The van der Waals surface area contributed by atoms with Crippen molar-refractivity contribution in [3.05, 3.63) is 29.8 Å². The van der Waals surface area contributed by atoms with Gasteiger partial charge in [0.05, 0.1) is 17.9 Å². The van der Waals surface area contributed by atoms with Crippen LogP contribution in [0.1, 0.15) is 12.5 Å². The first-order chi connectivity index (χ1) is 8.19. The summed E-state index contributed by atoms with van der Waals surface area (Å²) in [5.41, 5.74) is 3.41. The van der Waals surface area contributed by atoms with Crippen molar-refractivity contribution in [2.24, 2.45) is 5.10 Å². The molecule has 0 spiro atoms. The normalized spacial score (nSPS) is 10.5. The number of esters is 1. The maximum atomic E-state index is 11.1. The van der Waals surface area contributed by atoms with E-state index in [1.807, 2.05) is 6.07 Å². The van der Waals surface area contributed by atoms with Crippen molar-refractivity contribution in [1.82, 2.24) is 0 Å². The second kappa shape index (κ2) is 6.51. The molecule has 0 atom stereocenters. The minimum absolute atomic E-state index is 0.222. The number of anilines is 1. The summed E-state index contributed by atoms with van der Waals surface area (Å²) in [5.74, 6) is -0.712. The Labute approximate surface area is 104 Å². The van der Waals surface area contributed by atoms with Gasteiger partial charge in [0.25, 0.3) is 0 Å². The Morgan fingerprint density at radius 3 is 2.94 bits per heavy atom. The van der Waals surface area contributed by atoms with Crippen LogP contribution in [0.25, 0.3) is 0 Å². The number of carbonyl (C=O) groups is 1. The Balaban J connectivity index is 2.76. The molecule has 5 nitrogen and oxygen atoms in total. The van der Waals surface area contributed by atoms with Crippen LogP contribution < -0.4 is 5.43 Å². The van der Waals surface area contributed by atoms with Crippen molar-refractivity contribution in [3.8, 4) is 6.07 Å². The quantitative estimate of drug-likeness (QED) is 0.505. The summed E-state index contributed by atoms with van der Waals surface area (Å²) in [4.78, 5) is 11.1. The van der Waals surface area contributed by atoms with E-state index >= 15 is 0 Å². The van der Waals surface area contributed by atoms with Gasteiger partial charge in [0, 0.05) is 0 Å². The molecule has 17 heavy (non-hydrogen) atoms. The summed E-state index contributed by atoms with van der Waals surface area (Å²) in [7, 11) is 0. The van der Waals surface area contributed by atoms with Crippen LogP contribution in [0.3, 0.4) is 0 Å². The van der Waals surface area contributed by atoms with Crippen molar-refractivity contribution in [3.63, 3.8) is 0 Å². The summed E-state index contributed by atoms with van der Waals surface area (Å²) in [6, 6.07) is 8.71. The fourth-order valence-corrected chi connectivity index (χ4v) is 1.12. The Bertz CT molecular complexity index is 480. The fourth-order valence-electron chi connectivity index (χ4n) is 1.02. The van der Waals surface area contributed by atoms with Gasteiger partial charge < -0.3 is 4.74 Å². The van der Waals surface area contributed by atoms with Gasteiger partial charge in [-0.15, -0.1) is 0 Å². The number of halogens is 1. The van der Waals surface area contributed by atoms with Crippen molar-refractivity contribution in [2.45, 2.75) is 6.92 Å². The number of carbonyl (C=O) groups excluding carboxylic acids is 1. The molecule has 0 amide bonds. The first-order valence-electron chi connectivity index (χ1n) is 4.84. The lowest BCUT2D eigenvalue weighted by Gasteiger charge is -2.03. The van der Waals surface area contributed by atoms with E-state index in [0.717, 1.165) is 0 Å². The molecule has 0 unspecified atom stereocenters. The van der Waals surface area contributed by atoms with Gasteiger partial charge in [-0.1, -0.05) is 23.7 Å². The summed E-state index contributed by atoms with van der Waals surface area (Å²) < 4.78 is 4.64. The zero-order valence-electron chi connectivity index (χ0n) is 9.11. The molecule has 0 aliphatic carbocycles. The highest BCUT2D eigenvalue weighted by Gasteiger charge is 2.09. The van der Waals surface area contributed by atoms with Crippen LogP contribution in [-0.2, 0) is 9.53 Å². The molecule has 0 heterocycles. The molecule has 1 aromatic rings. The minimum atomic E-state index is -0.712. The summed E-state index contributed by atoms with van der Waals surface area (Å²) >= 11 is 5.59. The summed E-state index contributed by atoms with van der Waals surface area (Å²) in [5, 5.41) is 12.1. The van der Waals surface area contributed by atoms with Gasteiger partial charge >= 0.3 is 5.97 Å². The van der Waals surface area contributed by atoms with Crippen LogP contribution in [-0.4, -0.2) is 17.7 Å². The number of benzene rings is 1. The first-order valence-corrected chi connectivity index (χ1v) is 5.22. The smallest absolute Gasteiger partial charge is 0.370 e. The fraction of sp³-hybridized carbons (Fsp3) is 0.182. The van der Waals surface area contributed by atoms with Crippen LogP contribution in [0.15, 0.2) is 29.4 Å². The third kappa shape index (κ3) is 3.78. The topological polar surface area (TPSA) is 74.5 Å². The predicted molar refractivity (Wildman–Crippen MR) is 64.7 cm³/mol. The second-order valence-electron chi connectivity index (χ2n) is 2.89. The number of nitrogens with one attached hydrogen (secondary N) is 1. The Morgan fingerprint density at radius 2 is 2.29 bits per heavy atom. The van der Waals surface area contributed by atoms with Gasteiger partial charge in [0.1, 0.15) is 6.07 Å². The van der Waals surface area contributed by atoms with Gasteiger partial charge in [-0.25, -0.2) is 4.79 Å². The van der Waals surface area contributed by atoms with E-state index in [1.165, 1.54) is 0 Å². The van der Waals surface area contributed by atoms with E-state index < -0.39 is 5.97 Å². The Morgan fingerprint density at radius 1 is 1.59 bits per heavy atom. The zero-order valence-corrected chi connectivity index (χ0v) is 9.86. The van der Waals surface area contributed by atoms with Gasteiger partial charge in [-0.05, 0) is 19.1 Å². The van der Waals surface area contributed by atoms with Gasteiger partial charge in [-0.2, -0.15) is 10.4 Å². The van der Waals surface area contributed by atoms with Crippen LogP contribution in [0.4, 0.5) is 5.69 Å². The number of nitriles is 1. The van der Waals surface area contributed by atoms with E-state index in [2.05, 4.69) is 15.3 Å². The second-order valence-corrected chi connectivity index (χ2v) is 3.25. The van der Waals surface area contributed by atoms with Crippen molar-refractivity contribution >= 4 is 28.4 Å². The Hall–Kier alpha value is -2.06. The third-order valence-corrected chi connectivity index (χ3v) is 2.00. The first kappa shape index (κ1) is 13.0. The molecular formula is C11H10ClN3O2. The zero-order chi connectivity index (χ0) is 12.7. The number of rotatable bonds is 4. The summed E-state index contributed by atoms with van der Waals surface area (Å²) in [6.45, 7) is 1.89. The van der Waals surface area contributed by atoms with E-state index in [4.69, 9.17) is 16.9 Å². The number of para-hydroxylation sites is 1. The molecule has 6 heteroatoms. The lowest BCUT2D eigenvalue weighted by molar-refractivity contribution is -0.134. The van der Waals surface area contributed by atoms with Crippen molar-refractivity contribution < 1.29 is 9.53 Å². The molecule has 0 aliphatic rings. The average Bonchev–Trinajstić information content (AvgIpc) is 2.36. The monoisotopic (exact) mass is 251 g/mol. The number of hydrogen-bond donors (Lipinski definition) is 1. The van der Waals surface area contributed by atoms with Gasteiger partial charge in [0.15, 0.2) is 0 Å². The third-order valence-electron chi connectivity index (χ3n) is 1.77. The molecule has 0 radical (unpaired) electrons. The maximum absolute atomic E-state index is 11.1. The minimum Gasteiger partial charge on any atom is -0.461 e. The van der Waals surface area contributed by atoms with E-state index in [9.17, 15) is 4.79 Å². The molecule has 1 aromatic carbocycles. The molecule has 1 rings (SSSR count). The van der Waals surface area contributed by atoms with E-state index in [-0.39, 0.29) is 11.8 Å². The number of nitrogens with zero attached hydrogens (tertiary/aromatic N) is 2. The standard InChI is InChI=1S/C11H10ClN3O2/c1-2-17-11(16)10(12)15-14-9-6-4-3-5-8(9)7-13/h3-6,14H,2H2,1H3. The number of ether oxygens (including phenoxy) is 1. The number of hydrogen-bond acceptors (Lipinski definition) is 5. The Kier molecular flexibility index (Phi) is 4.98. The highest BCUT2D eigenvalue weighted by atomic mass is 35.5. The molecule has 0 aliphatic heterocycles. The highest BCUT2D eigenvalue weighted by Crippen LogP contribution is 2.13. The van der Waals surface area contributed by atoms with Crippen molar-refractivity contribution in [1.29, 1.82) is 5.26 Å². The molecule has 0 bridgehead atoms. The summed E-state index contributed by atoms with van der Waals surface area (Å²) in [6.07, 6.45) is 0. The highest BCUT2D eigenvalue weighted by molar-refractivity contribution is 6.82. The van der Waals surface area contributed by atoms with Crippen LogP contribution in [0.2, 0.25) is 0 Å². The van der Waals surface area contributed by atoms with E-state index in [1.54, 1.807) is 31.2 Å². The molecule has 0 fully saturated rings. The lowest BCUT2D eigenvalue weighted by Crippen LogP contribution is -2.13. The molecule has 0 saturated heterocycles. The largest absolute Gasteiger partial charge is 0.461 e. The van der Waals surface area contributed by atoms with Gasteiger partial charge in [-0.3, -0.25) is 5.43 Å². The number of hydrazone groups is 1. The molecular weight excluding hydrogens is 242 g/mol. The average molecular weight is 252 g/mol.